The zero-order chi connectivity index (χ0) is 26.5. The van der Waals surface area contributed by atoms with Crippen molar-refractivity contribution in [3.05, 3.63) is 48.0 Å². The Morgan fingerprint density at radius 3 is 2.47 bits per heavy atom. The van der Waals surface area contributed by atoms with Crippen LogP contribution in [-0.4, -0.2) is 76.8 Å². The van der Waals surface area contributed by atoms with Crippen molar-refractivity contribution in [3.8, 4) is 22.6 Å². The molecule has 0 aliphatic carbocycles. The highest BCUT2D eigenvalue weighted by molar-refractivity contribution is 7.89. The van der Waals surface area contributed by atoms with Crippen LogP contribution in [0, 0.1) is 17.6 Å². The van der Waals surface area contributed by atoms with Crippen LogP contribution in [0.4, 0.5) is 13.6 Å². The predicted molar refractivity (Wildman–Crippen MR) is 129 cm³/mol. The van der Waals surface area contributed by atoms with Gasteiger partial charge in [-0.1, -0.05) is 12.1 Å². The number of urea groups is 1. The monoisotopic (exact) mass is 525 g/mol. The maximum atomic E-state index is 13.7. The van der Waals surface area contributed by atoms with Crippen LogP contribution < -0.4 is 14.2 Å². The van der Waals surface area contributed by atoms with Crippen LogP contribution in [0.25, 0.3) is 11.1 Å². The van der Waals surface area contributed by atoms with Crippen LogP contribution in [0.15, 0.2) is 36.4 Å². The average Bonchev–Trinajstić information content (AvgIpc) is 2.83. The maximum Gasteiger partial charge on any atom is 0.320 e. The van der Waals surface area contributed by atoms with Gasteiger partial charge in [0.05, 0.1) is 20.0 Å². The lowest BCUT2D eigenvalue weighted by Gasteiger charge is -2.35. The van der Waals surface area contributed by atoms with Gasteiger partial charge in [-0.2, -0.15) is 0 Å². The molecule has 196 valence electrons. The van der Waals surface area contributed by atoms with Gasteiger partial charge in [0.1, 0.15) is 18.0 Å². The largest absolute Gasteiger partial charge is 0.496 e. The molecule has 3 rings (SSSR count). The summed E-state index contributed by atoms with van der Waals surface area (Å²) < 4.78 is 62.5. The molecule has 1 N–H and O–H groups in total. The molecule has 1 fully saturated rings. The number of ether oxygens (including phenoxy) is 2. The third kappa shape index (κ3) is 7.30. The first kappa shape index (κ1) is 27.2. The van der Waals surface area contributed by atoms with E-state index in [2.05, 4.69) is 0 Å². The number of benzene rings is 2. The second kappa shape index (κ2) is 11.5. The van der Waals surface area contributed by atoms with Crippen LogP contribution in [0.5, 0.6) is 11.5 Å². The molecule has 1 atom stereocenters. The molecular formula is C24H29F2N3O6S. The number of methoxy groups -OCH3 is 1. The minimum Gasteiger partial charge on any atom is -0.496 e. The first-order valence-corrected chi connectivity index (χ1v) is 13.1. The number of sulfonamides is 1. The third-order valence-corrected chi connectivity index (χ3v) is 6.29. The minimum absolute atomic E-state index is 0.0620. The van der Waals surface area contributed by atoms with E-state index < -0.39 is 27.6 Å². The number of rotatable bonds is 8. The number of carbonyl (C=O) groups excluding carboxylic acids is 2. The molecule has 0 spiro atoms. The van der Waals surface area contributed by atoms with Gasteiger partial charge in [0.25, 0.3) is 5.91 Å². The molecule has 12 heteroatoms. The van der Waals surface area contributed by atoms with Crippen molar-refractivity contribution in [2.45, 2.75) is 12.8 Å². The predicted octanol–water partition coefficient (Wildman–Crippen LogP) is 2.86. The fourth-order valence-electron chi connectivity index (χ4n) is 4.01. The van der Waals surface area contributed by atoms with Gasteiger partial charge in [-0.3, -0.25) is 9.52 Å². The third-order valence-electron chi connectivity index (χ3n) is 5.69. The Kier molecular flexibility index (Phi) is 8.72. The summed E-state index contributed by atoms with van der Waals surface area (Å²) in [4.78, 5) is 27.3. The Morgan fingerprint density at radius 1 is 1.17 bits per heavy atom. The van der Waals surface area contributed by atoms with Gasteiger partial charge in [0.15, 0.2) is 11.6 Å². The number of nitrogens with zero attached hydrogens (tertiary/aromatic N) is 2. The summed E-state index contributed by atoms with van der Waals surface area (Å²) in [5.74, 6) is -1.88. The normalized spacial score (nSPS) is 15.8. The summed E-state index contributed by atoms with van der Waals surface area (Å²) in [5, 5.41) is 0. The summed E-state index contributed by atoms with van der Waals surface area (Å²) >= 11 is 0. The van der Waals surface area contributed by atoms with Gasteiger partial charge in [0.2, 0.25) is 10.0 Å². The molecular weight excluding hydrogens is 496 g/mol. The van der Waals surface area contributed by atoms with Crippen LogP contribution in [-0.2, 0) is 14.8 Å². The van der Waals surface area contributed by atoms with E-state index in [0.717, 1.165) is 31.2 Å². The molecule has 1 aliphatic rings. The van der Waals surface area contributed by atoms with Crippen molar-refractivity contribution in [2.75, 3.05) is 46.7 Å². The lowest BCUT2D eigenvalue weighted by molar-refractivity contribution is -0.119. The Hall–Kier alpha value is -3.41. The van der Waals surface area contributed by atoms with Crippen molar-refractivity contribution in [1.82, 2.24) is 14.5 Å². The Morgan fingerprint density at radius 2 is 1.83 bits per heavy atom. The Labute approximate surface area is 209 Å². The lowest BCUT2D eigenvalue weighted by Crippen LogP contribution is -2.49. The number of nitrogens with one attached hydrogen (secondary N) is 1. The highest BCUT2D eigenvalue weighted by atomic mass is 32.2. The summed E-state index contributed by atoms with van der Waals surface area (Å²) in [6.07, 6.45) is 2.49. The molecule has 1 aliphatic heterocycles. The minimum atomic E-state index is -3.69. The zero-order valence-electron chi connectivity index (χ0n) is 20.3. The van der Waals surface area contributed by atoms with E-state index >= 15 is 0 Å². The number of piperidine rings is 1. The van der Waals surface area contributed by atoms with Gasteiger partial charge < -0.3 is 19.3 Å². The van der Waals surface area contributed by atoms with Crippen molar-refractivity contribution in [2.24, 2.45) is 5.92 Å². The summed E-state index contributed by atoms with van der Waals surface area (Å²) in [6.45, 7) is 0.938. The maximum absolute atomic E-state index is 13.7. The molecule has 0 radical (unpaired) electrons. The van der Waals surface area contributed by atoms with Gasteiger partial charge in [-0.05, 0) is 36.6 Å². The fraction of sp³-hybridized carbons (Fsp3) is 0.417. The van der Waals surface area contributed by atoms with E-state index in [1.165, 1.54) is 19.1 Å². The van der Waals surface area contributed by atoms with Gasteiger partial charge in [0, 0.05) is 37.7 Å². The van der Waals surface area contributed by atoms with E-state index in [4.69, 9.17) is 9.47 Å². The SMILES string of the molecule is COc1cc(F)c(F)cc1-c1ccc(OC[C@@H]2CCCN(C(=O)N(C)CC(=O)NS(C)(=O)=O)C2)cc1. The van der Waals surface area contributed by atoms with Crippen LogP contribution in [0.1, 0.15) is 12.8 Å². The number of likely N-dealkylation sites (N-methyl/N-ethyl adjacent to an activating group) is 1. The molecule has 0 saturated carbocycles. The average molecular weight is 526 g/mol. The van der Waals surface area contributed by atoms with Gasteiger partial charge >= 0.3 is 6.03 Å². The number of carbonyl (C=O) groups is 2. The van der Waals surface area contributed by atoms with Crippen molar-refractivity contribution in [3.63, 3.8) is 0 Å². The molecule has 3 amide bonds. The number of likely N-dealkylation sites (tertiary alicyclic amines) is 1. The second-order valence-electron chi connectivity index (χ2n) is 8.69. The van der Waals surface area contributed by atoms with Crippen molar-refractivity contribution >= 4 is 22.0 Å². The van der Waals surface area contributed by atoms with Crippen molar-refractivity contribution < 1.29 is 36.3 Å². The molecule has 1 heterocycles. The summed E-state index contributed by atoms with van der Waals surface area (Å²) in [6, 6.07) is 8.59. The molecule has 2 aromatic carbocycles. The Balaban J connectivity index is 1.55. The van der Waals surface area contributed by atoms with Crippen molar-refractivity contribution in [1.29, 1.82) is 0 Å². The van der Waals surface area contributed by atoms with E-state index in [0.29, 0.717) is 36.6 Å². The first-order chi connectivity index (χ1) is 17.0. The number of amides is 3. The number of hydrogen-bond donors (Lipinski definition) is 1. The smallest absolute Gasteiger partial charge is 0.320 e. The second-order valence-corrected chi connectivity index (χ2v) is 10.4. The first-order valence-electron chi connectivity index (χ1n) is 11.2. The fourth-order valence-corrected chi connectivity index (χ4v) is 4.48. The molecule has 0 aromatic heterocycles. The summed E-state index contributed by atoms with van der Waals surface area (Å²) in [5.41, 5.74) is 1.05. The molecule has 1 saturated heterocycles. The highest BCUT2D eigenvalue weighted by Crippen LogP contribution is 2.33. The summed E-state index contributed by atoms with van der Waals surface area (Å²) in [7, 11) is -0.872. The topological polar surface area (TPSA) is 105 Å². The van der Waals surface area contributed by atoms with Crippen LogP contribution in [0.2, 0.25) is 0 Å². The highest BCUT2D eigenvalue weighted by Gasteiger charge is 2.27. The van der Waals surface area contributed by atoms with Crippen LogP contribution >= 0.6 is 0 Å². The number of hydrogen-bond acceptors (Lipinski definition) is 6. The molecule has 9 nitrogen and oxygen atoms in total. The van der Waals surface area contributed by atoms with Gasteiger partial charge in [-0.25, -0.2) is 22.0 Å². The number of halogens is 2. The molecule has 36 heavy (non-hydrogen) atoms. The van der Waals surface area contributed by atoms with E-state index in [1.807, 2.05) is 4.72 Å². The van der Waals surface area contributed by atoms with E-state index in [-0.39, 0.29) is 24.2 Å². The van der Waals surface area contributed by atoms with E-state index in [9.17, 15) is 26.8 Å². The van der Waals surface area contributed by atoms with Crippen LogP contribution in [0.3, 0.4) is 0 Å². The van der Waals surface area contributed by atoms with Gasteiger partial charge in [-0.15, -0.1) is 0 Å². The molecule has 2 aromatic rings. The molecule has 0 bridgehead atoms. The van der Waals surface area contributed by atoms with E-state index in [1.54, 1.807) is 29.2 Å². The standard InChI is InChI=1S/C24H29F2N3O6S/c1-28(14-23(30)27-36(3,32)33)24(31)29-10-4-5-16(13-29)15-35-18-8-6-17(7-9-18)19-11-20(25)21(26)12-22(19)34-2/h6-9,11-12,16H,4-5,10,13-15H2,1-3H3,(H,27,30)/t16-/m1/s1. The lowest BCUT2D eigenvalue weighted by atomic mass is 9.99. The quantitative estimate of drug-likeness (QED) is 0.568. The Bertz CT molecular complexity index is 1210. The molecule has 0 unspecified atom stereocenters. The zero-order valence-corrected chi connectivity index (χ0v) is 21.1.